The van der Waals surface area contributed by atoms with Crippen LogP contribution in [0.15, 0.2) is 146 Å². The monoisotopic (exact) mass is 589 g/mol. The molecule has 0 N–H and O–H groups in total. The molecule has 0 spiro atoms. The lowest BCUT2D eigenvalue weighted by Gasteiger charge is -2.23. The maximum atomic E-state index is 4.95. The molecule has 9 rings (SSSR count). The van der Waals surface area contributed by atoms with Crippen LogP contribution < -0.4 is 0 Å². The van der Waals surface area contributed by atoms with Gasteiger partial charge in [0.1, 0.15) is 0 Å². The Hall–Kier alpha value is -5.67. The molecule has 1 aromatic heterocycles. The van der Waals surface area contributed by atoms with E-state index in [2.05, 4.69) is 98.8 Å². The fraction of sp³-hybridized carbons (Fsp3) is 0.0930. The van der Waals surface area contributed by atoms with Crippen molar-refractivity contribution in [1.29, 1.82) is 0 Å². The van der Waals surface area contributed by atoms with Crippen molar-refractivity contribution in [2.45, 2.75) is 25.2 Å². The normalized spacial score (nSPS) is 15.1. The van der Waals surface area contributed by atoms with Gasteiger partial charge in [-0.3, -0.25) is 0 Å². The van der Waals surface area contributed by atoms with Gasteiger partial charge >= 0.3 is 0 Å². The first-order chi connectivity index (χ1) is 22.6. The van der Waals surface area contributed by atoms with Crippen molar-refractivity contribution < 1.29 is 0 Å². The summed E-state index contributed by atoms with van der Waals surface area (Å²) >= 11 is 0. The smallest absolute Gasteiger partial charge is 0.164 e. The van der Waals surface area contributed by atoms with Gasteiger partial charge in [0.25, 0.3) is 0 Å². The molecule has 0 amide bonds. The van der Waals surface area contributed by atoms with Gasteiger partial charge in [-0.05, 0) is 56.1 Å². The van der Waals surface area contributed by atoms with Crippen molar-refractivity contribution in [2.75, 3.05) is 0 Å². The van der Waals surface area contributed by atoms with E-state index in [1.165, 1.54) is 50.1 Å². The maximum Gasteiger partial charge on any atom is 0.164 e. The van der Waals surface area contributed by atoms with Gasteiger partial charge in [0.05, 0.1) is 0 Å². The Labute approximate surface area is 269 Å². The summed E-state index contributed by atoms with van der Waals surface area (Å²) in [6.07, 6.45) is 0. The minimum Gasteiger partial charge on any atom is -0.208 e. The fourth-order valence-corrected chi connectivity index (χ4v) is 7.52. The van der Waals surface area contributed by atoms with Gasteiger partial charge in [0.15, 0.2) is 17.5 Å². The van der Waals surface area contributed by atoms with Crippen LogP contribution in [-0.2, 0) is 5.41 Å². The highest BCUT2D eigenvalue weighted by atomic mass is 15.0. The summed E-state index contributed by atoms with van der Waals surface area (Å²) in [7, 11) is 0. The maximum absolute atomic E-state index is 4.95. The lowest BCUT2D eigenvalue weighted by Crippen LogP contribution is -2.15. The van der Waals surface area contributed by atoms with Crippen molar-refractivity contribution >= 4 is 0 Å². The third-order valence-electron chi connectivity index (χ3n) is 9.83. The van der Waals surface area contributed by atoms with E-state index in [9.17, 15) is 0 Å². The Balaban J connectivity index is 1.16. The lowest BCUT2D eigenvalue weighted by atomic mass is 9.80. The first-order valence-corrected chi connectivity index (χ1v) is 15.9. The highest BCUT2D eigenvalue weighted by Gasteiger charge is 2.39. The first-order valence-electron chi connectivity index (χ1n) is 15.9. The topological polar surface area (TPSA) is 38.7 Å². The van der Waals surface area contributed by atoms with Gasteiger partial charge in [-0.2, -0.15) is 0 Å². The van der Waals surface area contributed by atoms with E-state index in [4.69, 9.17) is 15.0 Å². The van der Waals surface area contributed by atoms with Crippen LogP contribution in [0, 0.1) is 0 Å². The Morgan fingerprint density at radius 3 is 1.57 bits per heavy atom. The van der Waals surface area contributed by atoms with Crippen LogP contribution in [0.2, 0.25) is 0 Å². The van der Waals surface area contributed by atoms with Crippen LogP contribution >= 0.6 is 0 Å². The van der Waals surface area contributed by atoms with Crippen molar-refractivity contribution in [2.24, 2.45) is 0 Å². The highest BCUT2D eigenvalue weighted by Crippen LogP contribution is 2.55. The molecule has 0 bridgehead atoms. The zero-order valence-electron chi connectivity index (χ0n) is 25.8. The Morgan fingerprint density at radius 1 is 0.413 bits per heavy atom. The SMILES string of the molecule is CC1(C)c2ccccc2-c2cc3c(cc21)C(c1ccc(-c2nc(-c4ccccc4)nc(-c4ccccc4)n2)cc1)c1ccccc1-3. The summed E-state index contributed by atoms with van der Waals surface area (Å²) in [4.78, 5) is 14.8. The molecule has 7 aromatic rings. The van der Waals surface area contributed by atoms with Gasteiger partial charge in [-0.1, -0.05) is 153 Å². The molecule has 0 aliphatic heterocycles. The molecule has 0 radical (unpaired) electrons. The van der Waals surface area contributed by atoms with Crippen LogP contribution in [0.5, 0.6) is 0 Å². The summed E-state index contributed by atoms with van der Waals surface area (Å²) in [5, 5.41) is 0. The van der Waals surface area contributed by atoms with Gasteiger partial charge in [0, 0.05) is 28.0 Å². The zero-order valence-corrected chi connectivity index (χ0v) is 25.8. The minimum atomic E-state index is -0.0459. The summed E-state index contributed by atoms with van der Waals surface area (Å²) in [5.41, 5.74) is 15.1. The van der Waals surface area contributed by atoms with Crippen LogP contribution in [0.3, 0.4) is 0 Å². The number of hydrogen-bond donors (Lipinski definition) is 0. The molecule has 0 fully saturated rings. The largest absolute Gasteiger partial charge is 0.208 e. The van der Waals surface area contributed by atoms with E-state index in [1.54, 1.807) is 0 Å². The number of nitrogens with zero attached hydrogens (tertiary/aromatic N) is 3. The molecule has 1 heterocycles. The van der Waals surface area contributed by atoms with Crippen LogP contribution in [-0.4, -0.2) is 15.0 Å². The summed E-state index contributed by atoms with van der Waals surface area (Å²) in [6.45, 7) is 4.72. The Bertz CT molecular complexity index is 2210. The van der Waals surface area contributed by atoms with Crippen LogP contribution in [0.25, 0.3) is 56.4 Å². The van der Waals surface area contributed by atoms with E-state index < -0.39 is 0 Å². The highest BCUT2D eigenvalue weighted by molar-refractivity contribution is 5.90. The molecular weight excluding hydrogens is 558 g/mol. The van der Waals surface area contributed by atoms with Gasteiger partial charge in [0.2, 0.25) is 0 Å². The van der Waals surface area contributed by atoms with E-state index in [-0.39, 0.29) is 11.3 Å². The van der Waals surface area contributed by atoms with E-state index >= 15 is 0 Å². The van der Waals surface area contributed by atoms with Gasteiger partial charge in [-0.15, -0.1) is 0 Å². The fourth-order valence-electron chi connectivity index (χ4n) is 7.52. The number of fused-ring (bicyclic) bond motifs is 6. The Kier molecular flexibility index (Phi) is 5.91. The molecule has 218 valence electrons. The van der Waals surface area contributed by atoms with Crippen molar-refractivity contribution in [3.63, 3.8) is 0 Å². The minimum absolute atomic E-state index is 0.0459. The van der Waals surface area contributed by atoms with E-state index in [0.717, 1.165) is 16.7 Å². The summed E-state index contributed by atoms with van der Waals surface area (Å²) in [6, 6.07) is 51.9. The average Bonchev–Trinajstić information content (AvgIpc) is 3.56. The van der Waals surface area contributed by atoms with E-state index in [0.29, 0.717) is 17.5 Å². The second kappa shape index (κ2) is 10.2. The first kappa shape index (κ1) is 26.7. The standard InChI is InChI=1S/C43H31N3/c1-43(2)37-20-12-11-18-32(37)35-25-34-31-17-9-10-19-33(31)39(36(34)26-38(35)43)27-21-23-30(24-22-27)42-45-40(28-13-5-3-6-14-28)44-41(46-42)29-15-7-4-8-16-29/h3-26,39H,1-2H3. The van der Waals surface area contributed by atoms with Crippen molar-refractivity contribution in [3.05, 3.63) is 173 Å². The third kappa shape index (κ3) is 4.09. The van der Waals surface area contributed by atoms with Crippen LogP contribution in [0.1, 0.15) is 47.6 Å². The molecule has 46 heavy (non-hydrogen) atoms. The molecule has 2 aliphatic carbocycles. The van der Waals surface area contributed by atoms with Crippen molar-refractivity contribution in [1.82, 2.24) is 15.0 Å². The molecule has 1 atom stereocenters. The average molecular weight is 590 g/mol. The molecule has 3 heteroatoms. The number of aromatic nitrogens is 3. The van der Waals surface area contributed by atoms with Crippen LogP contribution in [0.4, 0.5) is 0 Å². The van der Waals surface area contributed by atoms with Gasteiger partial charge in [-0.25, -0.2) is 15.0 Å². The second-order valence-electron chi connectivity index (χ2n) is 12.8. The van der Waals surface area contributed by atoms with Crippen molar-refractivity contribution in [3.8, 4) is 56.4 Å². The predicted molar refractivity (Wildman–Crippen MR) is 187 cm³/mol. The second-order valence-corrected chi connectivity index (χ2v) is 12.8. The lowest BCUT2D eigenvalue weighted by molar-refractivity contribution is 0.659. The molecule has 6 aromatic carbocycles. The number of hydrogen-bond acceptors (Lipinski definition) is 3. The number of benzene rings is 6. The third-order valence-corrected chi connectivity index (χ3v) is 9.83. The molecular formula is C43H31N3. The number of rotatable bonds is 4. The van der Waals surface area contributed by atoms with E-state index in [1.807, 2.05) is 60.7 Å². The van der Waals surface area contributed by atoms with Gasteiger partial charge < -0.3 is 0 Å². The quantitative estimate of drug-likeness (QED) is 0.205. The molecule has 1 unspecified atom stereocenters. The molecule has 2 aliphatic rings. The zero-order chi connectivity index (χ0) is 30.8. The summed E-state index contributed by atoms with van der Waals surface area (Å²) < 4.78 is 0. The molecule has 0 saturated heterocycles. The Morgan fingerprint density at radius 2 is 0.935 bits per heavy atom. The summed E-state index contributed by atoms with van der Waals surface area (Å²) in [5.74, 6) is 2.17. The molecule has 0 saturated carbocycles. The molecule has 3 nitrogen and oxygen atoms in total. The predicted octanol–water partition coefficient (Wildman–Crippen LogP) is 10.3.